The quantitative estimate of drug-likeness (QED) is 0.712. The van der Waals surface area contributed by atoms with Gasteiger partial charge in [0.05, 0.1) is 5.52 Å². The first-order valence-corrected chi connectivity index (χ1v) is 5.75. The summed E-state index contributed by atoms with van der Waals surface area (Å²) in [5.41, 5.74) is 1.02. The standard InChI is InChI=1S/C13H12N2O3/c1-7(2)15-10-11(18-13(15)17)8-5-3-4-6-9(8)14-12(10)16/h3-7H,1-2H3,(H,14,16). The summed E-state index contributed by atoms with van der Waals surface area (Å²) in [4.78, 5) is 26.6. The van der Waals surface area contributed by atoms with Gasteiger partial charge in [-0.1, -0.05) is 12.1 Å². The fourth-order valence-corrected chi connectivity index (χ4v) is 2.22. The van der Waals surface area contributed by atoms with E-state index in [1.807, 2.05) is 32.0 Å². The molecule has 3 rings (SSSR count). The second kappa shape index (κ2) is 3.60. The molecule has 0 amide bonds. The maximum atomic E-state index is 12.1. The molecule has 0 radical (unpaired) electrons. The first kappa shape index (κ1) is 10.8. The molecule has 0 unspecified atom stereocenters. The first-order valence-electron chi connectivity index (χ1n) is 5.75. The number of aromatic nitrogens is 2. The second-order valence-electron chi connectivity index (χ2n) is 4.51. The number of pyridine rings is 1. The third-order valence-corrected chi connectivity index (χ3v) is 2.99. The summed E-state index contributed by atoms with van der Waals surface area (Å²) in [7, 11) is 0. The largest absolute Gasteiger partial charge is 0.420 e. The maximum Gasteiger partial charge on any atom is 0.420 e. The van der Waals surface area contributed by atoms with Crippen LogP contribution in [0.25, 0.3) is 22.0 Å². The zero-order valence-electron chi connectivity index (χ0n) is 10.1. The van der Waals surface area contributed by atoms with Crippen molar-refractivity contribution in [2.45, 2.75) is 19.9 Å². The van der Waals surface area contributed by atoms with Gasteiger partial charge in [0.15, 0.2) is 11.1 Å². The molecule has 1 N–H and O–H groups in total. The first-order chi connectivity index (χ1) is 8.59. The summed E-state index contributed by atoms with van der Waals surface area (Å²) in [6.45, 7) is 3.68. The van der Waals surface area contributed by atoms with Gasteiger partial charge in [-0.15, -0.1) is 0 Å². The smallest absolute Gasteiger partial charge is 0.407 e. The minimum atomic E-state index is -0.498. The second-order valence-corrected chi connectivity index (χ2v) is 4.51. The number of benzene rings is 1. The number of rotatable bonds is 1. The van der Waals surface area contributed by atoms with Crippen LogP contribution in [0.4, 0.5) is 0 Å². The minimum Gasteiger partial charge on any atom is -0.407 e. The van der Waals surface area contributed by atoms with Gasteiger partial charge in [0.1, 0.15) is 0 Å². The molecule has 18 heavy (non-hydrogen) atoms. The molecule has 0 aliphatic carbocycles. The van der Waals surface area contributed by atoms with Crippen LogP contribution >= 0.6 is 0 Å². The summed E-state index contributed by atoms with van der Waals surface area (Å²) in [5.74, 6) is -0.498. The van der Waals surface area contributed by atoms with Gasteiger partial charge in [-0.25, -0.2) is 4.79 Å². The highest BCUT2D eigenvalue weighted by Gasteiger charge is 2.17. The predicted molar refractivity (Wildman–Crippen MR) is 69.0 cm³/mol. The van der Waals surface area contributed by atoms with Crippen molar-refractivity contribution in [2.24, 2.45) is 0 Å². The number of hydrogen-bond acceptors (Lipinski definition) is 3. The van der Waals surface area contributed by atoms with Crippen molar-refractivity contribution in [2.75, 3.05) is 0 Å². The molecule has 0 aliphatic rings. The van der Waals surface area contributed by atoms with E-state index in [0.717, 1.165) is 5.39 Å². The molecule has 0 spiro atoms. The van der Waals surface area contributed by atoms with E-state index in [1.165, 1.54) is 4.57 Å². The van der Waals surface area contributed by atoms with E-state index in [2.05, 4.69) is 4.98 Å². The number of nitrogens with one attached hydrogen (secondary N) is 1. The van der Waals surface area contributed by atoms with Crippen molar-refractivity contribution in [1.29, 1.82) is 0 Å². The van der Waals surface area contributed by atoms with Crippen molar-refractivity contribution >= 4 is 22.0 Å². The van der Waals surface area contributed by atoms with E-state index in [1.54, 1.807) is 6.07 Å². The van der Waals surface area contributed by atoms with Gasteiger partial charge >= 0.3 is 5.76 Å². The third-order valence-electron chi connectivity index (χ3n) is 2.99. The van der Waals surface area contributed by atoms with Crippen LogP contribution < -0.4 is 11.3 Å². The van der Waals surface area contributed by atoms with Crippen LogP contribution in [0.1, 0.15) is 19.9 Å². The van der Waals surface area contributed by atoms with Crippen LogP contribution in [0.3, 0.4) is 0 Å². The van der Waals surface area contributed by atoms with Crippen LogP contribution in [-0.2, 0) is 0 Å². The van der Waals surface area contributed by atoms with Crippen molar-refractivity contribution in [3.8, 4) is 0 Å². The predicted octanol–water partition coefficient (Wildman–Crippen LogP) is 2.02. The van der Waals surface area contributed by atoms with Gasteiger partial charge in [-0.3, -0.25) is 9.36 Å². The van der Waals surface area contributed by atoms with Gasteiger partial charge < -0.3 is 9.40 Å². The summed E-state index contributed by atoms with van der Waals surface area (Å²) in [6, 6.07) is 7.14. The number of hydrogen-bond donors (Lipinski definition) is 1. The molecule has 0 atom stereocenters. The molecule has 0 fully saturated rings. The van der Waals surface area contributed by atoms with Gasteiger partial charge in [-0.2, -0.15) is 0 Å². The Balaban J connectivity index is 2.65. The van der Waals surface area contributed by atoms with Crippen LogP contribution in [-0.4, -0.2) is 9.55 Å². The Hall–Kier alpha value is -2.30. The molecule has 0 saturated heterocycles. The zero-order chi connectivity index (χ0) is 12.9. The van der Waals surface area contributed by atoms with Gasteiger partial charge in [0, 0.05) is 11.4 Å². The lowest BCUT2D eigenvalue weighted by Gasteiger charge is -2.04. The zero-order valence-corrected chi connectivity index (χ0v) is 10.1. The Labute approximate surface area is 102 Å². The lowest BCUT2D eigenvalue weighted by Crippen LogP contribution is -2.20. The number of para-hydroxylation sites is 1. The molecule has 0 bridgehead atoms. The maximum absolute atomic E-state index is 12.1. The normalized spacial score (nSPS) is 11.7. The fraction of sp³-hybridized carbons (Fsp3) is 0.231. The van der Waals surface area contributed by atoms with Crippen molar-refractivity contribution in [3.05, 3.63) is 45.2 Å². The molecule has 5 heteroatoms. The molecule has 0 saturated carbocycles. The van der Waals surface area contributed by atoms with Crippen LogP contribution in [0.15, 0.2) is 38.3 Å². The van der Waals surface area contributed by atoms with Crippen LogP contribution in [0.5, 0.6) is 0 Å². The van der Waals surface area contributed by atoms with Gasteiger partial charge in [0.25, 0.3) is 5.56 Å². The lowest BCUT2D eigenvalue weighted by atomic mass is 10.2. The monoisotopic (exact) mass is 244 g/mol. The summed E-state index contributed by atoms with van der Waals surface area (Å²) in [5, 5.41) is 0.739. The van der Waals surface area contributed by atoms with E-state index in [0.29, 0.717) is 16.6 Å². The average molecular weight is 244 g/mol. The highest BCUT2D eigenvalue weighted by Crippen LogP contribution is 2.21. The van der Waals surface area contributed by atoms with E-state index in [4.69, 9.17) is 4.42 Å². The molecule has 2 aromatic heterocycles. The number of oxazole rings is 1. The van der Waals surface area contributed by atoms with E-state index in [9.17, 15) is 9.59 Å². The van der Waals surface area contributed by atoms with Gasteiger partial charge in [-0.05, 0) is 26.0 Å². The van der Waals surface area contributed by atoms with E-state index < -0.39 is 5.76 Å². The van der Waals surface area contributed by atoms with Crippen LogP contribution in [0.2, 0.25) is 0 Å². The van der Waals surface area contributed by atoms with E-state index >= 15 is 0 Å². The Morgan fingerprint density at radius 2 is 1.94 bits per heavy atom. The van der Waals surface area contributed by atoms with Crippen molar-refractivity contribution < 1.29 is 4.42 Å². The molecule has 5 nitrogen and oxygen atoms in total. The van der Waals surface area contributed by atoms with E-state index in [-0.39, 0.29) is 11.6 Å². The molecule has 92 valence electrons. The molecule has 0 aliphatic heterocycles. The average Bonchev–Trinajstić information content (AvgIpc) is 2.67. The Kier molecular flexibility index (Phi) is 2.16. The van der Waals surface area contributed by atoms with Gasteiger partial charge in [0.2, 0.25) is 0 Å². The number of H-pyrrole nitrogens is 1. The SMILES string of the molecule is CC(C)n1c(=O)oc2c3ccccc3[nH]c(=O)c21. The van der Waals surface area contributed by atoms with Crippen molar-refractivity contribution in [1.82, 2.24) is 9.55 Å². The molecule has 1 aromatic carbocycles. The Morgan fingerprint density at radius 1 is 1.22 bits per heavy atom. The lowest BCUT2D eigenvalue weighted by molar-refractivity contribution is 0.479. The number of fused-ring (bicyclic) bond motifs is 3. The number of nitrogens with zero attached hydrogens (tertiary/aromatic N) is 1. The highest BCUT2D eigenvalue weighted by molar-refractivity contribution is 6.00. The molecular weight excluding hydrogens is 232 g/mol. The highest BCUT2D eigenvalue weighted by atomic mass is 16.4. The molecule has 3 aromatic rings. The third kappa shape index (κ3) is 1.33. The summed E-state index contributed by atoms with van der Waals surface area (Å²) < 4.78 is 6.62. The summed E-state index contributed by atoms with van der Waals surface area (Å²) in [6.07, 6.45) is 0. The van der Waals surface area contributed by atoms with Crippen LogP contribution in [0, 0.1) is 0 Å². The van der Waals surface area contributed by atoms with Crippen molar-refractivity contribution in [3.63, 3.8) is 0 Å². The minimum absolute atomic E-state index is 0.124. The molecule has 2 heterocycles. The topological polar surface area (TPSA) is 68.0 Å². The molecular formula is C13H12N2O3. The Bertz CT molecular complexity index is 852. The number of aromatic amines is 1. The fourth-order valence-electron chi connectivity index (χ4n) is 2.22. The summed E-state index contributed by atoms with van der Waals surface area (Å²) >= 11 is 0. The Morgan fingerprint density at radius 3 is 2.67 bits per heavy atom.